The van der Waals surface area contributed by atoms with Gasteiger partial charge in [0.25, 0.3) is 10.0 Å². The molecule has 0 spiro atoms. The summed E-state index contributed by atoms with van der Waals surface area (Å²) in [7, 11) is -2.59. The molecule has 8 nitrogen and oxygen atoms in total. The molecule has 0 unspecified atom stereocenters. The number of hydrogen-bond donors (Lipinski definition) is 1. The van der Waals surface area contributed by atoms with Crippen molar-refractivity contribution in [2.75, 3.05) is 24.5 Å². The molecule has 0 aliphatic rings. The van der Waals surface area contributed by atoms with Crippen molar-refractivity contribution in [2.45, 2.75) is 44.7 Å². The van der Waals surface area contributed by atoms with Crippen LogP contribution in [0.25, 0.3) is 0 Å². The number of nitrogens with one attached hydrogen (secondary N) is 1. The quantitative estimate of drug-likeness (QED) is 0.375. The van der Waals surface area contributed by atoms with Crippen LogP contribution in [0.3, 0.4) is 0 Å². The van der Waals surface area contributed by atoms with Gasteiger partial charge < -0.3 is 15.0 Å². The van der Waals surface area contributed by atoms with Crippen molar-refractivity contribution in [1.82, 2.24) is 10.2 Å². The molecule has 0 saturated heterocycles. The Morgan fingerprint density at radius 1 is 0.921 bits per heavy atom. The number of carbonyl (C=O) groups is 2. The summed E-state index contributed by atoms with van der Waals surface area (Å²) in [5.74, 6) is -0.216. The van der Waals surface area contributed by atoms with Crippen LogP contribution >= 0.6 is 0 Å². The van der Waals surface area contributed by atoms with Crippen LogP contribution in [0.4, 0.5) is 5.69 Å². The number of ether oxygens (including phenoxy) is 1. The first-order valence-electron chi connectivity index (χ1n) is 12.6. The minimum Gasteiger partial charge on any atom is -0.494 e. The fourth-order valence-corrected chi connectivity index (χ4v) is 5.52. The summed E-state index contributed by atoms with van der Waals surface area (Å²) in [6, 6.07) is 21.6. The van der Waals surface area contributed by atoms with Gasteiger partial charge in [0.2, 0.25) is 11.8 Å². The zero-order chi connectivity index (χ0) is 27.7. The van der Waals surface area contributed by atoms with Gasteiger partial charge in [0, 0.05) is 13.6 Å². The van der Waals surface area contributed by atoms with Crippen LogP contribution in [-0.2, 0) is 26.2 Å². The zero-order valence-electron chi connectivity index (χ0n) is 22.3. The number of aryl methyl sites for hydroxylation is 1. The third-order valence-electron chi connectivity index (χ3n) is 6.15. The van der Waals surface area contributed by atoms with Crippen molar-refractivity contribution in [1.29, 1.82) is 0 Å². The van der Waals surface area contributed by atoms with Crippen molar-refractivity contribution >= 4 is 27.5 Å². The van der Waals surface area contributed by atoms with E-state index in [9.17, 15) is 18.0 Å². The largest absolute Gasteiger partial charge is 0.494 e. The summed E-state index contributed by atoms with van der Waals surface area (Å²) in [6.07, 6.45) is 0.367. The standard InChI is InChI=1S/C29H35N3O5S/c1-5-27(29(34)30-4)31(20-23-10-8-7-9-11-23)28(33)21-32(24-14-16-25(17-15-24)37-6-2)38(35,36)26-18-12-22(3)13-19-26/h7-19,27H,5-6,20-21H2,1-4H3,(H,30,34)/t27-/m1/s1. The highest BCUT2D eigenvalue weighted by molar-refractivity contribution is 7.92. The van der Waals surface area contributed by atoms with E-state index < -0.39 is 28.5 Å². The zero-order valence-corrected chi connectivity index (χ0v) is 23.1. The number of likely N-dealkylation sites (N-methyl/N-ethyl adjacent to an activating group) is 1. The van der Waals surface area contributed by atoms with Gasteiger partial charge in [0.15, 0.2) is 0 Å². The highest BCUT2D eigenvalue weighted by atomic mass is 32.2. The van der Waals surface area contributed by atoms with Gasteiger partial charge in [0.05, 0.1) is 17.2 Å². The molecule has 38 heavy (non-hydrogen) atoms. The van der Waals surface area contributed by atoms with Crippen molar-refractivity contribution < 1.29 is 22.7 Å². The molecule has 3 aromatic carbocycles. The summed E-state index contributed by atoms with van der Waals surface area (Å²) in [5, 5.41) is 2.62. The van der Waals surface area contributed by atoms with E-state index in [2.05, 4.69) is 5.32 Å². The van der Waals surface area contributed by atoms with Crippen LogP contribution < -0.4 is 14.4 Å². The Hall–Kier alpha value is -3.85. The molecule has 9 heteroatoms. The molecule has 0 radical (unpaired) electrons. The van der Waals surface area contributed by atoms with Crippen LogP contribution in [0.5, 0.6) is 5.75 Å². The first-order valence-corrected chi connectivity index (χ1v) is 14.0. The molecule has 1 N–H and O–H groups in total. The van der Waals surface area contributed by atoms with Crippen molar-refractivity contribution in [2.24, 2.45) is 0 Å². The molecule has 2 amide bonds. The third kappa shape index (κ3) is 6.92. The normalized spacial score (nSPS) is 11.9. The second kappa shape index (κ2) is 13.1. The Labute approximate surface area is 225 Å². The summed E-state index contributed by atoms with van der Waals surface area (Å²) in [5.41, 5.74) is 2.06. The third-order valence-corrected chi connectivity index (χ3v) is 7.94. The van der Waals surface area contributed by atoms with Crippen LogP contribution in [-0.4, -0.2) is 51.4 Å². The maximum absolute atomic E-state index is 13.9. The Kier molecular flexibility index (Phi) is 9.90. The number of sulfonamides is 1. The minimum absolute atomic E-state index is 0.0673. The van der Waals surface area contributed by atoms with E-state index in [0.29, 0.717) is 24.5 Å². The topological polar surface area (TPSA) is 96.0 Å². The fourth-order valence-electron chi connectivity index (χ4n) is 4.11. The molecule has 0 heterocycles. The molecule has 3 aromatic rings. The first kappa shape index (κ1) is 28.7. The minimum atomic E-state index is -4.11. The van der Waals surface area contributed by atoms with Gasteiger partial charge in [-0.05, 0) is 62.2 Å². The van der Waals surface area contributed by atoms with E-state index in [1.807, 2.05) is 51.1 Å². The summed E-state index contributed by atoms with van der Waals surface area (Å²) >= 11 is 0. The van der Waals surface area contributed by atoms with Crippen LogP contribution in [0, 0.1) is 6.92 Å². The SMILES string of the molecule is CCOc1ccc(N(CC(=O)N(Cc2ccccc2)[C@H](CC)C(=O)NC)S(=O)(=O)c2ccc(C)cc2)cc1. The number of rotatable bonds is 12. The van der Waals surface area contributed by atoms with Gasteiger partial charge in [-0.3, -0.25) is 13.9 Å². The Morgan fingerprint density at radius 2 is 1.55 bits per heavy atom. The van der Waals surface area contributed by atoms with E-state index in [0.717, 1.165) is 15.4 Å². The Morgan fingerprint density at radius 3 is 2.11 bits per heavy atom. The van der Waals surface area contributed by atoms with Gasteiger partial charge in [-0.15, -0.1) is 0 Å². The second-order valence-electron chi connectivity index (χ2n) is 8.80. The number of anilines is 1. The molecule has 0 bridgehead atoms. The van der Waals surface area contributed by atoms with Gasteiger partial charge in [-0.25, -0.2) is 8.42 Å². The van der Waals surface area contributed by atoms with Crippen molar-refractivity contribution in [3.63, 3.8) is 0 Å². The predicted octanol–water partition coefficient (Wildman–Crippen LogP) is 4.14. The van der Waals surface area contributed by atoms with Crippen LogP contribution in [0.2, 0.25) is 0 Å². The maximum Gasteiger partial charge on any atom is 0.264 e. The number of hydrogen-bond acceptors (Lipinski definition) is 5. The summed E-state index contributed by atoms with van der Waals surface area (Å²) in [6.45, 7) is 5.69. The van der Waals surface area contributed by atoms with E-state index in [1.165, 1.54) is 24.1 Å². The summed E-state index contributed by atoms with van der Waals surface area (Å²) < 4.78 is 34.3. The van der Waals surface area contributed by atoms with E-state index >= 15 is 0 Å². The summed E-state index contributed by atoms with van der Waals surface area (Å²) in [4.78, 5) is 28.1. The highest BCUT2D eigenvalue weighted by Gasteiger charge is 2.33. The number of carbonyl (C=O) groups excluding carboxylic acids is 2. The highest BCUT2D eigenvalue weighted by Crippen LogP contribution is 2.27. The lowest BCUT2D eigenvalue weighted by atomic mass is 10.1. The van der Waals surface area contributed by atoms with Crippen molar-refractivity contribution in [3.05, 3.63) is 90.0 Å². The molecule has 3 rings (SSSR count). The van der Waals surface area contributed by atoms with Gasteiger partial charge in [-0.1, -0.05) is 55.0 Å². The number of amides is 2. The van der Waals surface area contributed by atoms with Gasteiger partial charge in [0.1, 0.15) is 18.3 Å². The average Bonchev–Trinajstić information content (AvgIpc) is 2.92. The van der Waals surface area contributed by atoms with E-state index in [1.54, 1.807) is 36.4 Å². The maximum atomic E-state index is 13.9. The molecular formula is C29H35N3O5S. The van der Waals surface area contributed by atoms with Crippen molar-refractivity contribution in [3.8, 4) is 5.75 Å². The molecule has 1 atom stereocenters. The molecular weight excluding hydrogens is 502 g/mol. The van der Waals surface area contributed by atoms with Gasteiger partial charge >= 0.3 is 0 Å². The molecule has 0 aromatic heterocycles. The molecule has 0 fully saturated rings. The van der Waals surface area contributed by atoms with Crippen LogP contribution in [0.1, 0.15) is 31.4 Å². The average molecular weight is 538 g/mol. The smallest absolute Gasteiger partial charge is 0.264 e. The fraction of sp³-hybridized carbons (Fsp3) is 0.310. The monoisotopic (exact) mass is 537 g/mol. The Balaban J connectivity index is 2.04. The predicted molar refractivity (Wildman–Crippen MR) is 148 cm³/mol. The van der Waals surface area contributed by atoms with Crippen LogP contribution in [0.15, 0.2) is 83.8 Å². The lowest BCUT2D eigenvalue weighted by Gasteiger charge is -2.33. The molecule has 202 valence electrons. The number of nitrogens with zero attached hydrogens (tertiary/aromatic N) is 2. The molecule has 0 aliphatic heterocycles. The number of benzene rings is 3. The van der Waals surface area contributed by atoms with Gasteiger partial charge in [-0.2, -0.15) is 0 Å². The molecule has 0 saturated carbocycles. The van der Waals surface area contributed by atoms with E-state index in [4.69, 9.17) is 4.74 Å². The lowest BCUT2D eigenvalue weighted by molar-refractivity contribution is -0.140. The van der Waals surface area contributed by atoms with E-state index in [-0.39, 0.29) is 17.3 Å². The molecule has 0 aliphatic carbocycles. The lowest BCUT2D eigenvalue weighted by Crippen LogP contribution is -2.51. The Bertz CT molecular complexity index is 1310. The first-order chi connectivity index (χ1) is 18.2. The second-order valence-corrected chi connectivity index (χ2v) is 10.7.